The second-order valence-corrected chi connectivity index (χ2v) is 3.19. The fraction of sp³-hybridized carbons (Fsp3) is 0.222. The van der Waals surface area contributed by atoms with E-state index in [-0.39, 0.29) is 11.1 Å². The SMILES string of the molecule is CSc1cccc(C(F)F)c1C#N. The van der Waals surface area contributed by atoms with Crippen molar-refractivity contribution < 1.29 is 8.78 Å². The van der Waals surface area contributed by atoms with Gasteiger partial charge in [-0.2, -0.15) is 5.26 Å². The van der Waals surface area contributed by atoms with Gasteiger partial charge in [0, 0.05) is 10.5 Å². The lowest BCUT2D eigenvalue weighted by atomic mass is 10.1. The van der Waals surface area contributed by atoms with Crippen molar-refractivity contribution in [2.75, 3.05) is 6.26 Å². The molecule has 0 radical (unpaired) electrons. The number of hydrogen-bond donors (Lipinski definition) is 0. The zero-order valence-corrected chi connectivity index (χ0v) is 7.74. The molecular formula is C9H7F2NS. The largest absolute Gasteiger partial charge is 0.265 e. The van der Waals surface area contributed by atoms with Gasteiger partial charge in [-0.05, 0) is 12.3 Å². The van der Waals surface area contributed by atoms with Crippen LogP contribution >= 0.6 is 11.8 Å². The highest BCUT2D eigenvalue weighted by Gasteiger charge is 2.14. The van der Waals surface area contributed by atoms with E-state index in [1.54, 1.807) is 18.4 Å². The van der Waals surface area contributed by atoms with Gasteiger partial charge in [-0.25, -0.2) is 8.78 Å². The Morgan fingerprint density at radius 3 is 2.62 bits per heavy atom. The normalized spacial score (nSPS) is 10.1. The number of hydrogen-bond acceptors (Lipinski definition) is 2. The Balaban J connectivity index is 3.29. The Hall–Kier alpha value is -1.08. The number of benzene rings is 1. The van der Waals surface area contributed by atoms with Crippen LogP contribution in [-0.4, -0.2) is 6.26 Å². The molecule has 0 spiro atoms. The van der Waals surface area contributed by atoms with Crippen molar-refractivity contribution in [3.05, 3.63) is 29.3 Å². The van der Waals surface area contributed by atoms with E-state index in [2.05, 4.69) is 0 Å². The lowest BCUT2D eigenvalue weighted by Crippen LogP contribution is -1.92. The summed E-state index contributed by atoms with van der Waals surface area (Å²) in [4.78, 5) is 0.598. The summed E-state index contributed by atoms with van der Waals surface area (Å²) in [5.41, 5.74) is -0.0978. The van der Waals surface area contributed by atoms with Crippen molar-refractivity contribution >= 4 is 11.8 Å². The molecular weight excluding hydrogens is 192 g/mol. The molecule has 0 aliphatic heterocycles. The van der Waals surface area contributed by atoms with Crippen LogP contribution < -0.4 is 0 Å². The van der Waals surface area contributed by atoms with Crippen molar-refractivity contribution in [1.82, 2.24) is 0 Å². The van der Waals surface area contributed by atoms with Gasteiger partial charge in [0.1, 0.15) is 6.07 Å². The molecule has 1 aromatic carbocycles. The number of rotatable bonds is 2. The van der Waals surface area contributed by atoms with Crippen molar-refractivity contribution in [3.8, 4) is 6.07 Å². The van der Waals surface area contributed by atoms with E-state index < -0.39 is 6.43 Å². The van der Waals surface area contributed by atoms with E-state index in [0.717, 1.165) is 0 Å². The average Bonchev–Trinajstić information content (AvgIpc) is 2.16. The Kier molecular flexibility index (Phi) is 3.26. The fourth-order valence-corrected chi connectivity index (χ4v) is 1.60. The van der Waals surface area contributed by atoms with Gasteiger partial charge in [0.05, 0.1) is 5.56 Å². The third-order valence-corrected chi connectivity index (χ3v) is 2.41. The summed E-state index contributed by atoms with van der Waals surface area (Å²) >= 11 is 1.30. The summed E-state index contributed by atoms with van der Waals surface area (Å²) in [5.74, 6) is 0. The van der Waals surface area contributed by atoms with Crippen LogP contribution in [0, 0.1) is 11.3 Å². The predicted octanol–water partition coefficient (Wildman–Crippen LogP) is 3.22. The van der Waals surface area contributed by atoms with Gasteiger partial charge in [-0.15, -0.1) is 11.8 Å². The molecule has 0 saturated carbocycles. The minimum Gasteiger partial charge on any atom is -0.205 e. The van der Waals surface area contributed by atoms with Crippen LogP contribution in [0.2, 0.25) is 0 Å². The zero-order valence-electron chi connectivity index (χ0n) is 6.92. The number of nitriles is 1. The summed E-state index contributed by atoms with van der Waals surface area (Å²) in [5, 5.41) is 8.68. The molecule has 0 aliphatic carbocycles. The minimum absolute atomic E-state index is 0.0880. The van der Waals surface area contributed by atoms with Gasteiger partial charge in [0.15, 0.2) is 0 Å². The van der Waals surface area contributed by atoms with Crippen LogP contribution in [0.1, 0.15) is 17.6 Å². The van der Waals surface area contributed by atoms with Crippen LogP contribution in [0.4, 0.5) is 8.78 Å². The first-order valence-electron chi connectivity index (χ1n) is 3.56. The van der Waals surface area contributed by atoms with Gasteiger partial charge in [-0.1, -0.05) is 12.1 Å². The molecule has 0 bridgehead atoms. The molecule has 0 saturated heterocycles. The maximum atomic E-state index is 12.4. The summed E-state index contributed by atoms with van der Waals surface area (Å²) in [7, 11) is 0. The highest BCUT2D eigenvalue weighted by Crippen LogP contribution is 2.29. The topological polar surface area (TPSA) is 23.8 Å². The molecule has 0 fully saturated rings. The summed E-state index contributed by atoms with van der Waals surface area (Å²) in [6, 6.07) is 6.27. The van der Waals surface area contributed by atoms with Gasteiger partial charge in [-0.3, -0.25) is 0 Å². The molecule has 68 valence electrons. The first kappa shape index (κ1) is 10.0. The summed E-state index contributed by atoms with van der Waals surface area (Å²) in [6.07, 6.45) is -0.826. The van der Waals surface area contributed by atoms with Crippen molar-refractivity contribution in [3.63, 3.8) is 0 Å². The molecule has 1 rings (SSSR count). The third kappa shape index (κ3) is 1.99. The lowest BCUT2D eigenvalue weighted by Gasteiger charge is -2.05. The third-order valence-electron chi connectivity index (χ3n) is 1.63. The first-order chi connectivity index (χ1) is 6.20. The molecule has 13 heavy (non-hydrogen) atoms. The number of halogens is 2. The van der Waals surface area contributed by atoms with Crippen LogP contribution in [0.25, 0.3) is 0 Å². The zero-order chi connectivity index (χ0) is 9.84. The van der Waals surface area contributed by atoms with Crippen LogP contribution in [-0.2, 0) is 0 Å². The molecule has 1 nitrogen and oxygen atoms in total. The molecule has 0 unspecified atom stereocenters. The Bertz CT molecular complexity index is 344. The second kappa shape index (κ2) is 4.24. The molecule has 0 heterocycles. The van der Waals surface area contributed by atoms with Crippen molar-refractivity contribution in [2.45, 2.75) is 11.3 Å². The monoisotopic (exact) mass is 199 g/mol. The molecule has 0 aliphatic rings. The van der Waals surface area contributed by atoms with Crippen LogP contribution in [0.3, 0.4) is 0 Å². The molecule has 0 N–H and O–H groups in total. The minimum atomic E-state index is -2.58. The Morgan fingerprint density at radius 2 is 2.15 bits per heavy atom. The smallest absolute Gasteiger partial charge is 0.205 e. The number of thioether (sulfide) groups is 1. The van der Waals surface area contributed by atoms with E-state index in [1.807, 2.05) is 0 Å². The van der Waals surface area contributed by atoms with Crippen molar-refractivity contribution in [1.29, 1.82) is 5.26 Å². The quantitative estimate of drug-likeness (QED) is 0.683. The summed E-state index contributed by atoms with van der Waals surface area (Å²) < 4.78 is 24.7. The molecule has 4 heteroatoms. The summed E-state index contributed by atoms with van der Waals surface area (Å²) in [6.45, 7) is 0. The highest BCUT2D eigenvalue weighted by molar-refractivity contribution is 7.98. The van der Waals surface area contributed by atoms with Gasteiger partial charge in [0.2, 0.25) is 0 Å². The maximum Gasteiger partial charge on any atom is 0.265 e. The Morgan fingerprint density at radius 1 is 1.46 bits per heavy atom. The molecule has 1 aromatic rings. The Labute approximate surface area is 79.4 Å². The first-order valence-corrected chi connectivity index (χ1v) is 4.78. The average molecular weight is 199 g/mol. The van der Waals surface area contributed by atoms with E-state index in [1.165, 1.54) is 23.9 Å². The van der Waals surface area contributed by atoms with Gasteiger partial charge < -0.3 is 0 Å². The lowest BCUT2D eigenvalue weighted by molar-refractivity contribution is 0.151. The van der Waals surface area contributed by atoms with Crippen molar-refractivity contribution in [2.24, 2.45) is 0 Å². The van der Waals surface area contributed by atoms with Crippen LogP contribution in [0.15, 0.2) is 23.1 Å². The van der Waals surface area contributed by atoms with Gasteiger partial charge >= 0.3 is 0 Å². The van der Waals surface area contributed by atoms with E-state index in [4.69, 9.17) is 5.26 Å². The van der Waals surface area contributed by atoms with E-state index in [9.17, 15) is 8.78 Å². The predicted molar refractivity (Wildman–Crippen MR) is 47.9 cm³/mol. The fourth-order valence-electron chi connectivity index (χ4n) is 1.02. The second-order valence-electron chi connectivity index (χ2n) is 2.34. The molecule has 0 aromatic heterocycles. The molecule has 0 atom stereocenters. The van der Waals surface area contributed by atoms with Gasteiger partial charge in [0.25, 0.3) is 6.43 Å². The highest BCUT2D eigenvalue weighted by atomic mass is 32.2. The van der Waals surface area contributed by atoms with Crippen LogP contribution in [0.5, 0.6) is 0 Å². The maximum absolute atomic E-state index is 12.4. The molecule has 0 amide bonds. The standard InChI is InChI=1S/C9H7F2NS/c1-13-8-4-2-3-6(9(10)11)7(8)5-12/h2-4,9H,1H3. The van der Waals surface area contributed by atoms with E-state index >= 15 is 0 Å². The number of alkyl halides is 2. The van der Waals surface area contributed by atoms with E-state index in [0.29, 0.717) is 4.90 Å². The number of nitrogens with zero attached hydrogens (tertiary/aromatic N) is 1.